The van der Waals surface area contributed by atoms with Gasteiger partial charge in [0, 0.05) is 22.7 Å². The standard InChI is InChI=1S/C27H24N2O6/c1-32-19-8-6-7-18(14-19)28-26(30)16-35-27(31)21-15-23(29-22-10-5-4-9-20(21)22)17-11-12-24(33-2)25(13-17)34-3/h4-15H,16H2,1-3H3,(H,28,30). The zero-order chi connectivity index (χ0) is 24.8. The highest BCUT2D eigenvalue weighted by Crippen LogP contribution is 2.33. The van der Waals surface area contributed by atoms with Gasteiger partial charge in [-0.1, -0.05) is 24.3 Å². The van der Waals surface area contributed by atoms with Crippen molar-refractivity contribution < 1.29 is 28.5 Å². The molecule has 0 aliphatic heterocycles. The zero-order valence-electron chi connectivity index (χ0n) is 19.5. The first-order valence-corrected chi connectivity index (χ1v) is 10.8. The van der Waals surface area contributed by atoms with Gasteiger partial charge in [0.05, 0.1) is 38.1 Å². The van der Waals surface area contributed by atoms with Crippen LogP contribution in [-0.2, 0) is 9.53 Å². The quantitative estimate of drug-likeness (QED) is 0.371. The Hall–Kier alpha value is -4.59. The van der Waals surface area contributed by atoms with Gasteiger partial charge in [-0.3, -0.25) is 4.79 Å². The third-order valence-corrected chi connectivity index (χ3v) is 5.30. The highest BCUT2D eigenvalue weighted by molar-refractivity contribution is 6.05. The number of fused-ring (bicyclic) bond motifs is 1. The predicted molar refractivity (Wildman–Crippen MR) is 132 cm³/mol. The largest absolute Gasteiger partial charge is 0.497 e. The van der Waals surface area contributed by atoms with Crippen molar-refractivity contribution in [2.75, 3.05) is 33.3 Å². The molecule has 3 aromatic carbocycles. The van der Waals surface area contributed by atoms with Crippen molar-refractivity contribution >= 4 is 28.5 Å². The smallest absolute Gasteiger partial charge is 0.339 e. The number of amides is 1. The van der Waals surface area contributed by atoms with Crippen LogP contribution in [0.5, 0.6) is 17.2 Å². The van der Waals surface area contributed by atoms with E-state index in [1.165, 1.54) is 7.11 Å². The number of esters is 1. The summed E-state index contributed by atoms with van der Waals surface area (Å²) < 4.78 is 21.2. The molecular formula is C27H24N2O6. The molecule has 0 unspecified atom stereocenters. The van der Waals surface area contributed by atoms with Crippen LogP contribution in [0, 0.1) is 0 Å². The molecule has 4 rings (SSSR count). The lowest BCUT2D eigenvalue weighted by Gasteiger charge is -2.12. The number of nitrogens with one attached hydrogen (secondary N) is 1. The Bertz CT molecular complexity index is 1390. The van der Waals surface area contributed by atoms with Crippen LogP contribution in [-0.4, -0.2) is 44.8 Å². The fraction of sp³-hybridized carbons (Fsp3) is 0.148. The predicted octanol–water partition coefficient (Wildman–Crippen LogP) is 4.72. The minimum absolute atomic E-state index is 0.301. The second-order valence-electron chi connectivity index (χ2n) is 7.50. The van der Waals surface area contributed by atoms with Crippen LogP contribution >= 0.6 is 0 Å². The number of carbonyl (C=O) groups is 2. The summed E-state index contributed by atoms with van der Waals surface area (Å²) in [6, 6.07) is 21.2. The molecule has 1 aromatic heterocycles. The molecule has 35 heavy (non-hydrogen) atoms. The highest BCUT2D eigenvalue weighted by atomic mass is 16.5. The average molecular weight is 472 g/mol. The molecule has 8 nitrogen and oxygen atoms in total. The first-order chi connectivity index (χ1) is 17.0. The van der Waals surface area contributed by atoms with Crippen LogP contribution in [0.2, 0.25) is 0 Å². The number of rotatable bonds is 8. The molecule has 0 radical (unpaired) electrons. The van der Waals surface area contributed by atoms with Gasteiger partial charge < -0.3 is 24.3 Å². The molecule has 0 bridgehead atoms. The molecule has 0 aliphatic carbocycles. The van der Waals surface area contributed by atoms with Crippen molar-refractivity contribution in [3.8, 4) is 28.5 Å². The Labute approximate surface area is 202 Å². The van der Waals surface area contributed by atoms with Gasteiger partial charge in [-0.05, 0) is 42.5 Å². The van der Waals surface area contributed by atoms with Crippen molar-refractivity contribution in [3.05, 3.63) is 78.4 Å². The Morgan fingerprint density at radius 3 is 2.40 bits per heavy atom. The molecular weight excluding hydrogens is 448 g/mol. The van der Waals surface area contributed by atoms with E-state index in [1.807, 2.05) is 24.3 Å². The average Bonchev–Trinajstić information content (AvgIpc) is 2.90. The van der Waals surface area contributed by atoms with Crippen LogP contribution in [0.3, 0.4) is 0 Å². The van der Waals surface area contributed by atoms with Gasteiger partial charge >= 0.3 is 5.97 Å². The molecule has 8 heteroatoms. The van der Waals surface area contributed by atoms with Crippen molar-refractivity contribution in [3.63, 3.8) is 0 Å². The van der Waals surface area contributed by atoms with Gasteiger partial charge in [0.25, 0.3) is 5.91 Å². The van der Waals surface area contributed by atoms with E-state index in [4.69, 9.17) is 23.9 Å². The van der Waals surface area contributed by atoms with Crippen LogP contribution in [0.1, 0.15) is 10.4 Å². The van der Waals surface area contributed by atoms with E-state index in [-0.39, 0.29) is 0 Å². The lowest BCUT2D eigenvalue weighted by molar-refractivity contribution is -0.119. The number of anilines is 1. The molecule has 178 valence electrons. The summed E-state index contributed by atoms with van der Waals surface area (Å²) in [5.74, 6) is 0.624. The summed E-state index contributed by atoms with van der Waals surface area (Å²) in [6.07, 6.45) is 0. The van der Waals surface area contributed by atoms with Gasteiger partial charge in [0.1, 0.15) is 5.75 Å². The van der Waals surface area contributed by atoms with E-state index in [1.54, 1.807) is 62.8 Å². The van der Waals surface area contributed by atoms with Crippen LogP contribution in [0.15, 0.2) is 72.8 Å². The van der Waals surface area contributed by atoms with E-state index in [0.717, 1.165) is 5.56 Å². The third-order valence-electron chi connectivity index (χ3n) is 5.30. The second kappa shape index (κ2) is 10.6. The van der Waals surface area contributed by atoms with Crippen molar-refractivity contribution in [1.29, 1.82) is 0 Å². The number of hydrogen-bond donors (Lipinski definition) is 1. The number of pyridine rings is 1. The number of nitrogens with zero attached hydrogens (tertiary/aromatic N) is 1. The summed E-state index contributed by atoms with van der Waals surface area (Å²) in [4.78, 5) is 30.1. The maximum absolute atomic E-state index is 13.0. The van der Waals surface area contributed by atoms with Gasteiger partial charge in [-0.15, -0.1) is 0 Å². The normalized spacial score (nSPS) is 10.5. The zero-order valence-corrected chi connectivity index (χ0v) is 19.5. The van der Waals surface area contributed by atoms with E-state index in [2.05, 4.69) is 5.32 Å². The van der Waals surface area contributed by atoms with Crippen molar-refractivity contribution in [2.45, 2.75) is 0 Å². The molecule has 0 spiro atoms. The summed E-state index contributed by atoms with van der Waals surface area (Å²) in [5.41, 5.74) is 2.74. The van der Waals surface area contributed by atoms with Crippen LogP contribution in [0.25, 0.3) is 22.2 Å². The molecule has 0 aliphatic rings. The fourth-order valence-corrected chi connectivity index (χ4v) is 3.59. The van der Waals surface area contributed by atoms with E-state index >= 15 is 0 Å². The van der Waals surface area contributed by atoms with Crippen molar-refractivity contribution in [1.82, 2.24) is 4.98 Å². The number of para-hydroxylation sites is 1. The number of ether oxygens (including phenoxy) is 4. The van der Waals surface area contributed by atoms with Gasteiger partial charge in [-0.25, -0.2) is 9.78 Å². The third kappa shape index (κ3) is 5.33. The Balaban J connectivity index is 1.58. The van der Waals surface area contributed by atoms with Gasteiger partial charge in [0.15, 0.2) is 18.1 Å². The minimum Gasteiger partial charge on any atom is -0.497 e. The summed E-state index contributed by atoms with van der Waals surface area (Å²) in [5, 5.41) is 3.31. The molecule has 0 fully saturated rings. The van der Waals surface area contributed by atoms with E-state index < -0.39 is 18.5 Å². The number of benzene rings is 3. The highest BCUT2D eigenvalue weighted by Gasteiger charge is 2.17. The topological polar surface area (TPSA) is 96.0 Å². The first kappa shape index (κ1) is 23.6. The number of carbonyl (C=O) groups excluding carboxylic acids is 2. The Morgan fingerprint density at radius 2 is 1.63 bits per heavy atom. The second-order valence-corrected chi connectivity index (χ2v) is 7.50. The summed E-state index contributed by atoms with van der Waals surface area (Å²) in [7, 11) is 4.65. The number of aromatic nitrogens is 1. The Morgan fingerprint density at radius 1 is 0.829 bits per heavy atom. The number of methoxy groups -OCH3 is 3. The number of hydrogen-bond acceptors (Lipinski definition) is 7. The SMILES string of the molecule is COc1cccc(NC(=O)COC(=O)c2cc(-c3ccc(OC)c(OC)c3)nc3ccccc23)c1. The Kier molecular flexibility index (Phi) is 7.11. The van der Waals surface area contributed by atoms with Gasteiger partial charge in [-0.2, -0.15) is 0 Å². The molecule has 4 aromatic rings. The molecule has 0 atom stereocenters. The van der Waals surface area contributed by atoms with E-state index in [9.17, 15) is 9.59 Å². The maximum Gasteiger partial charge on any atom is 0.339 e. The first-order valence-electron chi connectivity index (χ1n) is 10.8. The van der Waals surface area contributed by atoms with Crippen LogP contribution < -0.4 is 19.5 Å². The fourth-order valence-electron chi connectivity index (χ4n) is 3.59. The molecule has 1 heterocycles. The monoisotopic (exact) mass is 472 g/mol. The van der Waals surface area contributed by atoms with Gasteiger partial charge in [0.2, 0.25) is 0 Å². The summed E-state index contributed by atoms with van der Waals surface area (Å²) >= 11 is 0. The lowest BCUT2D eigenvalue weighted by Crippen LogP contribution is -2.21. The lowest BCUT2D eigenvalue weighted by atomic mass is 10.0. The van der Waals surface area contributed by atoms with Crippen molar-refractivity contribution in [2.24, 2.45) is 0 Å². The van der Waals surface area contributed by atoms with E-state index in [0.29, 0.717) is 45.1 Å². The summed E-state index contributed by atoms with van der Waals surface area (Å²) in [6.45, 7) is -0.446. The maximum atomic E-state index is 13.0. The van der Waals surface area contributed by atoms with Crippen LogP contribution in [0.4, 0.5) is 5.69 Å². The minimum atomic E-state index is -0.633. The molecule has 0 saturated carbocycles. The molecule has 0 saturated heterocycles. The molecule has 1 amide bonds. The molecule has 1 N–H and O–H groups in total.